The van der Waals surface area contributed by atoms with Crippen molar-refractivity contribution in [3.63, 3.8) is 0 Å². The van der Waals surface area contributed by atoms with Gasteiger partial charge in [-0.3, -0.25) is 0 Å². The number of benzene rings is 1. The van der Waals surface area contributed by atoms with Crippen LogP contribution >= 0.6 is 0 Å². The number of phenols is 1. The largest absolute Gasteiger partial charge is 0.504 e. The lowest BCUT2D eigenvalue weighted by atomic mass is 10.0. The number of para-hydroxylation sites is 1. The van der Waals surface area contributed by atoms with Gasteiger partial charge in [0, 0.05) is 5.56 Å². The Balaban J connectivity index is 2.95. The number of rotatable bonds is 4. The second-order valence-corrected chi connectivity index (χ2v) is 3.45. The van der Waals surface area contributed by atoms with Crippen LogP contribution in [-0.2, 0) is 6.42 Å². The Morgan fingerprint density at radius 2 is 2.20 bits per heavy atom. The van der Waals surface area contributed by atoms with Gasteiger partial charge < -0.3 is 9.84 Å². The molecule has 0 heterocycles. The van der Waals surface area contributed by atoms with Crippen molar-refractivity contribution in [1.29, 1.82) is 0 Å². The number of aromatic hydroxyl groups is 1. The molecule has 2 nitrogen and oxygen atoms in total. The first-order valence-corrected chi connectivity index (χ1v) is 5.21. The third kappa shape index (κ3) is 2.75. The fraction of sp³-hybridized carbons (Fsp3) is 0.385. The highest BCUT2D eigenvalue weighted by atomic mass is 16.5. The lowest BCUT2D eigenvalue weighted by Gasteiger charge is -2.09. The highest BCUT2D eigenvalue weighted by Crippen LogP contribution is 2.31. The molecule has 1 rings (SSSR count). The normalized spacial score (nSPS) is 11.5. The van der Waals surface area contributed by atoms with E-state index in [-0.39, 0.29) is 5.75 Å². The van der Waals surface area contributed by atoms with E-state index in [4.69, 9.17) is 4.74 Å². The van der Waals surface area contributed by atoms with Crippen molar-refractivity contribution in [3.05, 3.63) is 35.4 Å². The summed E-state index contributed by atoms with van der Waals surface area (Å²) >= 11 is 0. The summed E-state index contributed by atoms with van der Waals surface area (Å²) in [5.41, 5.74) is 2.24. The molecule has 0 bridgehead atoms. The van der Waals surface area contributed by atoms with Crippen LogP contribution in [0, 0.1) is 0 Å². The molecule has 0 spiro atoms. The Kier molecular flexibility index (Phi) is 4.22. The van der Waals surface area contributed by atoms with Gasteiger partial charge in [-0.15, -0.1) is 0 Å². The van der Waals surface area contributed by atoms with Crippen molar-refractivity contribution in [1.82, 2.24) is 0 Å². The SMILES string of the molecule is C/C=C(\CC)Cc1cccc(OC)c1O. The molecule has 1 aromatic rings. The summed E-state index contributed by atoms with van der Waals surface area (Å²) in [5, 5.41) is 9.88. The summed E-state index contributed by atoms with van der Waals surface area (Å²) in [6.45, 7) is 4.14. The minimum absolute atomic E-state index is 0.257. The first-order valence-electron chi connectivity index (χ1n) is 5.21. The van der Waals surface area contributed by atoms with E-state index in [0.29, 0.717) is 5.75 Å². The van der Waals surface area contributed by atoms with Gasteiger partial charge in [-0.25, -0.2) is 0 Å². The van der Waals surface area contributed by atoms with Crippen LogP contribution in [0.25, 0.3) is 0 Å². The molecule has 82 valence electrons. The van der Waals surface area contributed by atoms with Gasteiger partial charge in [-0.2, -0.15) is 0 Å². The molecule has 0 atom stereocenters. The van der Waals surface area contributed by atoms with E-state index in [1.807, 2.05) is 19.1 Å². The van der Waals surface area contributed by atoms with Crippen LogP contribution in [0.5, 0.6) is 11.5 Å². The molecule has 15 heavy (non-hydrogen) atoms. The zero-order valence-electron chi connectivity index (χ0n) is 9.58. The smallest absolute Gasteiger partial charge is 0.161 e. The predicted molar refractivity (Wildman–Crippen MR) is 62.4 cm³/mol. The van der Waals surface area contributed by atoms with Gasteiger partial charge >= 0.3 is 0 Å². The Morgan fingerprint density at radius 1 is 1.47 bits per heavy atom. The number of hydrogen-bond donors (Lipinski definition) is 1. The van der Waals surface area contributed by atoms with Crippen molar-refractivity contribution in [2.45, 2.75) is 26.7 Å². The minimum Gasteiger partial charge on any atom is -0.504 e. The topological polar surface area (TPSA) is 29.5 Å². The van der Waals surface area contributed by atoms with Crippen LogP contribution in [-0.4, -0.2) is 12.2 Å². The summed E-state index contributed by atoms with van der Waals surface area (Å²) in [7, 11) is 1.56. The Morgan fingerprint density at radius 3 is 2.73 bits per heavy atom. The highest BCUT2D eigenvalue weighted by molar-refractivity contribution is 5.46. The van der Waals surface area contributed by atoms with E-state index in [9.17, 15) is 5.11 Å². The lowest BCUT2D eigenvalue weighted by molar-refractivity contribution is 0.371. The fourth-order valence-electron chi connectivity index (χ4n) is 1.55. The van der Waals surface area contributed by atoms with Gasteiger partial charge in [0.1, 0.15) is 0 Å². The summed E-state index contributed by atoms with van der Waals surface area (Å²) in [4.78, 5) is 0. The third-order valence-corrected chi connectivity index (χ3v) is 2.58. The number of hydrogen-bond acceptors (Lipinski definition) is 2. The maximum absolute atomic E-state index is 9.88. The van der Waals surface area contributed by atoms with Gasteiger partial charge in [-0.1, -0.05) is 30.7 Å². The molecular formula is C13H18O2. The number of allylic oxidation sites excluding steroid dienone is 2. The van der Waals surface area contributed by atoms with E-state index >= 15 is 0 Å². The number of methoxy groups -OCH3 is 1. The molecule has 0 aliphatic carbocycles. The van der Waals surface area contributed by atoms with Gasteiger partial charge in [-0.05, 0) is 25.8 Å². The Labute approximate surface area is 91.2 Å². The van der Waals surface area contributed by atoms with Crippen LogP contribution in [0.4, 0.5) is 0 Å². The zero-order chi connectivity index (χ0) is 11.3. The maximum atomic E-state index is 9.88. The van der Waals surface area contributed by atoms with Crippen LogP contribution in [0.2, 0.25) is 0 Å². The van der Waals surface area contributed by atoms with E-state index < -0.39 is 0 Å². The van der Waals surface area contributed by atoms with Crippen molar-refractivity contribution in [2.24, 2.45) is 0 Å². The average Bonchev–Trinajstić information content (AvgIpc) is 2.28. The molecule has 0 amide bonds. The molecule has 0 radical (unpaired) electrons. The molecule has 0 fully saturated rings. The van der Waals surface area contributed by atoms with Gasteiger partial charge in [0.15, 0.2) is 11.5 Å². The minimum atomic E-state index is 0.257. The number of ether oxygens (including phenoxy) is 1. The molecule has 0 aliphatic rings. The van der Waals surface area contributed by atoms with E-state index in [1.165, 1.54) is 5.57 Å². The van der Waals surface area contributed by atoms with Gasteiger partial charge in [0.25, 0.3) is 0 Å². The molecule has 0 saturated heterocycles. The van der Waals surface area contributed by atoms with Crippen molar-refractivity contribution < 1.29 is 9.84 Å². The molecule has 0 aromatic heterocycles. The molecular weight excluding hydrogens is 188 g/mol. The Hall–Kier alpha value is -1.44. The second-order valence-electron chi connectivity index (χ2n) is 3.45. The van der Waals surface area contributed by atoms with Gasteiger partial charge in [0.2, 0.25) is 0 Å². The monoisotopic (exact) mass is 206 g/mol. The first-order chi connectivity index (χ1) is 7.22. The quantitative estimate of drug-likeness (QED) is 0.766. The van der Waals surface area contributed by atoms with Crippen molar-refractivity contribution in [2.75, 3.05) is 7.11 Å². The molecule has 1 aromatic carbocycles. The van der Waals surface area contributed by atoms with Gasteiger partial charge in [0.05, 0.1) is 7.11 Å². The summed E-state index contributed by atoms with van der Waals surface area (Å²) < 4.78 is 5.07. The Bertz CT molecular complexity index is 354. The first kappa shape index (κ1) is 11.6. The molecule has 0 aliphatic heterocycles. The summed E-state index contributed by atoms with van der Waals surface area (Å²) in [6, 6.07) is 5.59. The third-order valence-electron chi connectivity index (χ3n) is 2.58. The predicted octanol–water partition coefficient (Wildman–Crippen LogP) is 3.30. The van der Waals surface area contributed by atoms with Crippen molar-refractivity contribution >= 4 is 0 Å². The van der Waals surface area contributed by atoms with E-state index in [2.05, 4.69) is 13.0 Å². The molecule has 0 unspecified atom stereocenters. The zero-order valence-corrected chi connectivity index (χ0v) is 9.58. The number of phenolic OH excluding ortho intramolecular Hbond substituents is 1. The lowest BCUT2D eigenvalue weighted by Crippen LogP contribution is -1.92. The average molecular weight is 206 g/mol. The van der Waals surface area contributed by atoms with E-state index in [1.54, 1.807) is 13.2 Å². The highest BCUT2D eigenvalue weighted by Gasteiger charge is 2.07. The molecule has 1 N–H and O–H groups in total. The second kappa shape index (κ2) is 5.44. The maximum Gasteiger partial charge on any atom is 0.161 e. The van der Waals surface area contributed by atoms with E-state index in [0.717, 1.165) is 18.4 Å². The van der Waals surface area contributed by atoms with Crippen LogP contribution in [0.1, 0.15) is 25.8 Å². The summed E-state index contributed by atoms with van der Waals surface area (Å²) in [6.07, 6.45) is 3.89. The van der Waals surface area contributed by atoms with Crippen LogP contribution in [0.15, 0.2) is 29.8 Å². The summed E-state index contributed by atoms with van der Waals surface area (Å²) in [5.74, 6) is 0.798. The fourth-order valence-corrected chi connectivity index (χ4v) is 1.55. The molecule has 0 saturated carbocycles. The van der Waals surface area contributed by atoms with Crippen LogP contribution < -0.4 is 4.74 Å². The van der Waals surface area contributed by atoms with Crippen molar-refractivity contribution in [3.8, 4) is 11.5 Å². The van der Waals surface area contributed by atoms with Crippen LogP contribution in [0.3, 0.4) is 0 Å². The standard InChI is InChI=1S/C13H18O2/c1-4-10(5-2)9-11-7-6-8-12(15-3)13(11)14/h4,6-8,14H,5,9H2,1-3H3/b10-4+. The molecule has 2 heteroatoms.